The third-order valence-electron chi connectivity index (χ3n) is 8.51. The predicted octanol–water partition coefficient (Wildman–Crippen LogP) is 6.73. The number of esters is 1. The minimum absolute atomic E-state index is 0.117. The first kappa shape index (κ1) is 26.4. The van der Waals surface area contributed by atoms with Crippen LogP contribution < -0.4 is 4.74 Å². The second-order valence-electron chi connectivity index (χ2n) is 11.4. The van der Waals surface area contributed by atoms with Gasteiger partial charge in [-0.05, 0) is 85.9 Å². The van der Waals surface area contributed by atoms with Crippen LogP contribution in [0.25, 0.3) is 10.9 Å². The molecule has 5 heteroatoms. The highest BCUT2D eigenvalue weighted by atomic mass is 16.5. The van der Waals surface area contributed by atoms with E-state index < -0.39 is 6.10 Å². The molecular formula is C33H40N2O3. The lowest BCUT2D eigenvalue weighted by molar-refractivity contribution is -0.158. The molecule has 3 aliphatic heterocycles. The van der Waals surface area contributed by atoms with E-state index in [1.54, 1.807) is 7.11 Å². The molecule has 5 nitrogen and oxygen atoms in total. The Kier molecular flexibility index (Phi) is 7.85. The van der Waals surface area contributed by atoms with E-state index in [2.05, 4.69) is 60.7 Å². The first-order chi connectivity index (χ1) is 18.4. The molecule has 38 heavy (non-hydrogen) atoms. The van der Waals surface area contributed by atoms with Gasteiger partial charge in [-0.2, -0.15) is 0 Å². The number of benzene rings is 2. The van der Waals surface area contributed by atoms with Crippen LogP contribution in [0.1, 0.15) is 62.3 Å². The largest absolute Gasteiger partial charge is 0.497 e. The normalized spacial score (nSPS) is 24.2. The molecule has 3 aromatic rings. The Hall–Kier alpha value is -3.18. The third-order valence-corrected chi connectivity index (χ3v) is 8.51. The van der Waals surface area contributed by atoms with Crippen molar-refractivity contribution in [1.29, 1.82) is 0 Å². The van der Waals surface area contributed by atoms with E-state index in [0.717, 1.165) is 60.1 Å². The molecular weight excluding hydrogens is 472 g/mol. The number of piperidine rings is 3. The number of pyridine rings is 1. The lowest BCUT2D eigenvalue weighted by Crippen LogP contribution is -2.55. The number of rotatable bonds is 9. The Morgan fingerprint density at radius 2 is 1.95 bits per heavy atom. The maximum atomic E-state index is 13.7. The van der Waals surface area contributed by atoms with Crippen LogP contribution in [-0.4, -0.2) is 42.1 Å². The summed E-state index contributed by atoms with van der Waals surface area (Å²) in [4.78, 5) is 20.8. The van der Waals surface area contributed by atoms with Gasteiger partial charge < -0.3 is 9.47 Å². The van der Waals surface area contributed by atoms with E-state index in [4.69, 9.17) is 9.47 Å². The van der Waals surface area contributed by atoms with Crippen molar-refractivity contribution in [1.82, 2.24) is 9.88 Å². The maximum Gasteiger partial charge on any atom is 0.313 e. The number of nitrogens with zero attached hydrogens (tertiary/aromatic N) is 2. The topological polar surface area (TPSA) is 51.7 Å². The van der Waals surface area contributed by atoms with Gasteiger partial charge in [0.15, 0.2) is 0 Å². The van der Waals surface area contributed by atoms with E-state index >= 15 is 0 Å². The minimum atomic E-state index is -0.392. The standard InChI is InChI=1S/C33H40N2O3/c1-6-24-20-35-16-14-26(24)18-31(35)32(28-13-15-34-30-12-11-27(37-5)19-29(28)30)38-33(36)22(4)25-9-7-23(8-10-25)17-21(2)3/h6-13,15,19,21-22,24,26,31-32H,1,14,16-18,20H2,2-5H3/t22-,24-,26+,31-,32+/m1/s1. The van der Waals surface area contributed by atoms with Crippen molar-refractivity contribution in [2.75, 3.05) is 20.2 Å². The Bertz CT molecular complexity index is 1290. The summed E-state index contributed by atoms with van der Waals surface area (Å²) in [7, 11) is 1.67. The molecule has 0 saturated carbocycles. The number of carbonyl (C=O) groups is 1. The average Bonchev–Trinajstić information content (AvgIpc) is 2.95. The van der Waals surface area contributed by atoms with Crippen molar-refractivity contribution in [3.05, 3.63) is 84.1 Å². The van der Waals surface area contributed by atoms with E-state index in [9.17, 15) is 4.79 Å². The first-order valence-corrected chi connectivity index (χ1v) is 14.0. The Labute approximate surface area is 226 Å². The molecule has 0 aliphatic carbocycles. The molecule has 6 atom stereocenters. The predicted molar refractivity (Wildman–Crippen MR) is 152 cm³/mol. The highest BCUT2D eigenvalue weighted by Gasteiger charge is 2.44. The van der Waals surface area contributed by atoms with Gasteiger partial charge in [0.25, 0.3) is 0 Å². The number of carbonyl (C=O) groups excluding carboxylic acids is 1. The molecule has 2 aromatic carbocycles. The molecule has 0 spiro atoms. The van der Waals surface area contributed by atoms with E-state index in [-0.39, 0.29) is 17.9 Å². The highest BCUT2D eigenvalue weighted by molar-refractivity contribution is 5.85. The van der Waals surface area contributed by atoms with Crippen molar-refractivity contribution in [3.63, 3.8) is 0 Å². The molecule has 3 saturated heterocycles. The van der Waals surface area contributed by atoms with Crippen LogP contribution >= 0.6 is 0 Å². The van der Waals surface area contributed by atoms with Gasteiger partial charge in [0.05, 0.1) is 24.6 Å². The molecule has 200 valence electrons. The minimum Gasteiger partial charge on any atom is -0.497 e. The number of fused-ring (bicyclic) bond motifs is 4. The fourth-order valence-electron chi connectivity index (χ4n) is 6.34. The molecule has 0 N–H and O–H groups in total. The van der Waals surface area contributed by atoms with Crippen molar-refractivity contribution < 1.29 is 14.3 Å². The van der Waals surface area contributed by atoms with Crippen molar-refractivity contribution >= 4 is 16.9 Å². The van der Waals surface area contributed by atoms with Gasteiger partial charge in [0, 0.05) is 23.7 Å². The molecule has 3 fully saturated rings. The summed E-state index contributed by atoms with van der Waals surface area (Å²) in [6, 6.07) is 16.5. The second kappa shape index (κ2) is 11.3. The summed E-state index contributed by atoms with van der Waals surface area (Å²) in [5.41, 5.74) is 4.15. The molecule has 1 aromatic heterocycles. The smallest absolute Gasteiger partial charge is 0.313 e. The van der Waals surface area contributed by atoms with Gasteiger partial charge in [-0.3, -0.25) is 14.7 Å². The maximum absolute atomic E-state index is 13.7. The van der Waals surface area contributed by atoms with Gasteiger partial charge in [-0.15, -0.1) is 6.58 Å². The number of methoxy groups -OCH3 is 1. The highest BCUT2D eigenvalue weighted by Crippen LogP contribution is 2.44. The first-order valence-electron chi connectivity index (χ1n) is 14.0. The quantitative estimate of drug-likeness (QED) is 0.235. The van der Waals surface area contributed by atoms with Crippen LogP contribution in [0.4, 0.5) is 0 Å². The molecule has 4 heterocycles. The molecule has 6 rings (SSSR count). The van der Waals surface area contributed by atoms with Gasteiger partial charge in [-0.1, -0.05) is 44.2 Å². The molecule has 0 amide bonds. The van der Waals surface area contributed by atoms with Crippen LogP contribution in [0.15, 0.2) is 67.4 Å². The Morgan fingerprint density at radius 1 is 1.16 bits per heavy atom. The lowest BCUT2D eigenvalue weighted by Gasteiger charge is -2.51. The fraction of sp³-hybridized carbons (Fsp3) is 0.455. The number of hydrogen-bond acceptors (Lipinski definition) is 5. The Balaban J connectivity index is 1.47. The third kappa shape index (κ3) is 5.35. The SMILES string of the molecule is C=C[C@@H]1CN2CC[C@H]1C[C@@H]2[C@@H](OC(=O)[C@H](C)c1ccc(CC(C)C)cc1)c1ccnc2ccc(OC)cc12. The fourth-order valence-corrected chi connectivity index (χ4v) is 6.34. The number of ether oxygens (including phenoxy) is 2. The monoisotopic (exact) mass is 512 g/mol. The molecule has 3 aliphatic rings. The van der Waals surface area contributed by atoms with Crippen molar-refractivity contribution in [2.45, 2.75) is 58.1 Å². The van der Waals surface area contributed by atoms with E-state index in [1.807, 2.05) is 37.4 Å². The van der Waals surface area contributed by atoms with Gasteiger partial charge in [0.1, 0.15) is 11.9 Å². The lowest BCUT2D eigenvalue weighted by atomic mass is 9.73. The van der Waals surface area contributed by atoms with Gasteiger partial charge >= 0.3 is 5.97 Å². The van der Waals surface area contributed by atoms with Crippen molar-refractivity contribution in [2.24, 2.45) is 17.8 Å². The van der Waals surface area contributed by atoms with Crippen LogP contribution in [0, 0.1) is 17.8 Å². The van der Waals surface area contributed by atoms with Gasteiger partial charge in [-0.25, -0.2) is 0 Å². The summed E-state index contributed by atoms with van der Waals surface area (Å²) >= 11 is 0. The Morgan fingerprint density at radius 3 is 2.61 bits per heavy atom. The zero-order valence-electron chi connectivity index (χ0n) is 23.1. The summed E-state index contributed by atoms with van der Waals surface area (Å²) in [6.07, 6.45) is 6.72. The molecule has 0 radical (unpaired) electrons. The van der Waals surface area contributed by atoms with Crippen LogP contribution in [-0.2, 0) is 16.0 Å². The molecule has 1 unspecified atom stereocenters. The van der Waals surface area contributed by atoms with Crippen molar-refractivity contribution in [3.8, 4) is 5.75 Å². The second-order valence-corrected chi connectivity index (χ2v) is 11.4. The number of hydrogen-bond donors (Lipinski definition) is 0. The van der Waals surface area contributed by atoms with E-state index in [1.165, 1.54) is 5.56 Å². The van der Waals surface area contributed by atoms with Crippen LogP contribution in [0.3, 0.4) is 0 Å². The van der Waals surface area contributed by atoms with Crippen LogP contribution in [0.2, 0.25) is 0 Å². The summed E-state index contributed by atoms with van der Waals surface area (Å²) in [6.45, 7) is 12.5. The zero-order chi connectivity index (χ0) is 26.8. The summed E-state index contributed by atoms with van der Waals surface area (Å²) in [5, 5.41) is 0.971. The summed E-state index contributed by atoms with van der Waals surface area (Å²) < 4.78 is 12.0. The number of aromatic nitrogens is 1. The van der Waals surface area contributed by atoms with E-state index in [0.29, 0.717) is 17.8 Å². The van der Waals surface area contributed by atoms with Crippen LogP contribution in [0.5, 0.6) is 5.75 Å². The zero-order valence-corrected chi connectivity index (χ0v) is 23.1. The molecule has 2 bridgehead atoms. The average molecular weight is 513 g/mol. The summed E-state index contributed by atoms with van der Waals surface area (Å²) in [5.74, 6) is 1.88. The van der Waals surface area contributed by atoms with Gasteiger partial charge in [0.2, 0.25) is 0 Å².